The van der Waals surface area contributed by atoms with Crippen LogP contribution >= 0.6 is 11.6 Å². The Morgan fingerprint density at radius 2 is 2.24 bits per heavy atom. The molecule has 2 fully saturated rings. The fourth-order valence-electron chi connectivity index (χ4n) is 2.73. The third kappa shape index (κ3) is 2.00. The third-order valence-corrected chi connectivity index (χ3v) is 4.64. The molecular weight excluding hydrogens is 290 g/mol. The number of nitrogens with zero attached hydrogens (tertiary/aromatic N) is 1. The fraction of sp³-hybridized carbons (Fsp3) is 0.333. The Kier molecular flexibility index (Phi) is 2.57. The number of fused-ring (bicyclic) bond motifs is 1. The number of ether oxygens (including phenoxy) is 1. The van der Waals surface area contributed by atoms with Gasteiger partial charge in [-0.05, 0) is 37.0 Å². The molecule has 2 N–H and O–H groups in total. The van der Waals surface area contributed by atoms with E-state index >= 15 is 0 Å². The highest BCUT2D eigenvalue weighted by Gasteiger charge is 2.74. The van der Waals surface area contributed by atoms with Crippen molar-refractivity contribution in [3.05, 3.63) is 29.3 Å². The smallest absolute Gasteiger partial charge is 0.232 e. The number of aromatic nitrogens is 2. The standard InChI is InChI=1S/C15H14ClN3O2/c1-21-12-3-2-9(16)4-10(12)11-5-13(19-18-11)17-14(20)15-6-8(15)7-15/h2-5,8H,6-7H2,1H3,(H2,17,18,19,20). The molecule has 4 rings (SSSR count). The van der Waals surface area contributed by atoms with Gasteiger partial charge in [0.1, 0.15) is 5.75 Å². The molecule has 0 aliphatic heterocycles. The molecule has 0 unspecified atom stereocenters. The van der Waals surface area contributed by atoms with Gasteiger partial charge in [0.2, 0.25) is 5.91 Å². The van der Waals surface area contributed by atoms with E-state index in [2.05, 4.69) is 15.5 Å². The minimum absolute atomic E-state index is 0.0626. The summed E-state index contributed by atoms with van der Waals surface area (Å²) >= 11 is 6.03. The maximum Gasteiger partial charge on any atom is 0.232 e. The normalized spacial score (nSPS) is 25.1. The Balaban J connectivity index is 1.59. The summed E-state index contributed by atoms with van der Waals surface area (Å²) in [4.78, 5) is 12.1. The molecule has 108 valence electrons. The Hall–Kier alpha value is -2.01. The van der Waals surface area contributed by atoms with Crippen LogP contribution in [0.2, 0.25) is 5.02 Å². The Morgan fingerprint density at radius 1 is 1.48 bits per heavy atom. The number of aromatic amines is 1. The van der Waals surface area contributed by atoms with Crippen molar-refractivity contribution in [1.29, 1.82) is 0 Å². The van der Waals surface area contributed by atoms with Crippen LogP contribution in [0.1, 0.15) is 12.8 Å². The number of carbonyl (C=O) groups excluding carboxylic acids is 1. The molecule has 2 aliphatic rings. The van der Waals surface area contributed by atoms with Crippen LogP contribution in [0.25, 0.3) is 11.3 Å². The topological polar surface area (TPSA) is 67.0 Å². The van der Waals surface area contributed by atoms with Gasteiger partial charge in [0, 0.05) is 16.7 Å². The molecule has 1 amide bonds. The lowest BCUT2D eigenvalue weighted by molar-refractivity contribution is -0.119. The molecule has 5 nitrogen and oxygen atoms in total. The SMILES string of the molecule is COc1ccc(Cl)cc1-c1cc(NC(=O)C23CC2C3)n[nH]1. The van der Waals surface area contributed by atoms with Gasteiger partial charge in [-0.2, -0.15) is 5.10 Å². The highest BCUT2D eigenvalue weighted by Crippen LogP contribution is 2.75. The van der Waals surface area contributed by atoms with E-state index in [0.717, 1.165) is 24.1 Å². The molecule has 0 spiro atoms. The number of hydrogen-bond donors (Lipinski definition) is 2. The van der Waals surface area contributed by atoms with Crippen LogP contribution in [0.15, 0.2) is 24.3 Å². The minimum Gasteiger partial charge on any atom is -0.496 e. The van der Waals surface area contributed by atoms with Gasteiger partial charge in [0.25, 0.3) is 0 Å². The summed E-state index contributed by atoms with van der Waals surface area (Å²) in [6, 6.07) is 7.16. The van der Waals surface area contributed by atoms with Crippen LogP contribution in [-0.2, 0) is 4.79 Å². The number of methoxy groups -OCH3 is 1. The lowest BCUT2D eigenvalue weighted by Crippen LogP contribution is -2.18. The average molecular weight is 304 g/mol. The van der Waals surface area contributed by atoms with E-state index in [1.807, 2.05) is 0 Å². The molecule has 1 aromatic heterocycles. The van der Waals surface area contributed by atoms with Gasteiger partial charge in [-0.15, -0.1) is 0 Å². The first kappa shape index (κ1) is 12.7. The van der Waals surface area contributed by atoms with Crippen LogP contribution < -0.4 is 10.1 Å². The molecule has 21 heavy (non-hydrogen) atoms. The van der Waals surface area contributed by atoms with Crippen LogP contribution in [0.4, 0.5) is 5.82 Å². The lowest BCUT2D eigenvalue weighted by Gasteiger charge is -2.06. The summed E-state index contributed by atoms with van der Waals surface area (Å²) in [5.41, 5.74) is 1.50. The van der Waals surface area contributed by atoms with Gasteiger partial charge in [0.15, 0.2) is 5.82 Å². The molecule has 2 saturated carbocycles. The van der Waals surface area contributed by atoms with Crippen molar-refractivity contribution in [2.24, 2.45) is 11.3 Å². The minimum atomic E-state index is -0.0626. The van der Waals surface area contributed by atoms with Gasteiger partial charge in [-0.3, -0.25) is 9.89 Å². The first-order chi connectivity index (χ1) is 10.1. The number of hydrogen-bond acceptors (Lipinski definition) is 3. The lowest BCUT2D eigenvalue weighted by atomic mass is 10.1. The Morgan fingerprint density at radius 3 is 2.90 bits per heavy atom. The van der Waals surface area contributed by atoms with Crippen molar-refractivity contribution in [3.8, 4) is 17.0 Å². The molecule has 6 heteroatoms. The number of nitrogens with one attached hydrogen (secondary N) is 2. The van der Waals surface area contributed by atoms with Crippen molar-refractivity contribution >= 4 is 23.3 Å². The highest BCUT2D eigenvalue weighted by molar-refractivity contribution is 6.31. The summed E-state index contributed by atoms with van der Waals surface area (Å²) in [7, 11) is 1.60. The molecule has 1 aromatic carbocycles. The van der Waals surface area contributed by atoms with Gasteiger partial charge in [-0.1, -0.05) is 11.6 Å². The average Bonchev–Trinajstić information content (AvgIpc) is 3.28. The predicted octanol–water partition coefficient (Wildman–Crippen LogP) is 3.09. The molecule has 0 saturated heterocycles. The number of halogens is 1. The second-order valence-electron chi connectivity index (χ2n) is 5.73. The monoisotopic (exact) mass is 303 g/mol. The van der Waals surface area contributed by atoms with Crippen molar-refractivity contribution in [2.75, 3.05) is 12.4 Å². The number of H-pyrrole nitrogens is 1. The zero-order chi connectivity index (χ0) is 14.6. The second-order valence-corrected chi connectivity index (χ2v) is 6.16. The fourth-order valence-corrected chi connectivity index (χ4v) is 2.90. The number of benzene rings is 1. The van der Waals surface area contributed by atoms with E-state index in [-0.39, 0.29) is 11.3 Å². The number of amides is 1. The molecular formula is C15H14ClN3O2. The first-order valence-corrected chi connectivity index (χ1v) is 7.21. The molecule has 2 aliphatic carbocycles. The van der Waals surface area contributed by atoms with E-state index < -0.39 is 0 Å². The largest absolute Gasteiger partial charge is 0.496 e. The van der Waals surface area contributed by atoms with Gasteiger partial charge in [-0.25, -0.2) is 0 Å². The summed E-state index contributed by atoms with van der Waals surface area (Å²) in [6.07, 6.45) is 2.05. The zero-order valence-corrected chi connectivity index (χ0v) is 12.2. The van der Waals surface area contributed by atoms with Gasteiger partial charge < -0.3 is 10.1 Å². The van der Waals surface area contributed by atoms with Crippen LogP contribution in [0.3, 0.4) is 0 Å². The summed E-state index contributed by atoms with van der Waals surface area (Å²) in [6.45, 7) is 0. The summed E-state index contributed by atoms with van der Waals surface area (Å²) in [5.74, 6) is 1.93. The number of rotatable bonds is 4. The maximum absolute atomic E-state index is 12.1. The summed E-state index contributed by atoms with van der Waals surface area (Å²) in [5, 5.41) is 10.5. The van der Waals surface area contributed by atoms with E-state index in [1.54, 1.807) is 31.4 Å². The van der Waals surface area contributed by atoms with Crippen LogP contribution in [-0.4, -0.2) is 23.2 Å². The van der Waals surface area contributed by atoms with Crippen LogP contribution in [0, 0.1) is 11.3 Å². The van der Waals surface area contributed by atoms with Gasteiger partial charge >= 0.3 is 0 Å². The predicted molar refractivity (Wildman–Crippen MR) is 79.4 cm³/mol. The van der Waals surface area contributed by atoms with E-state index in [0.29, 0.717) is 22.5 Å². The number of carbonyl (C=O) groups is 1. The maximum atomic E-state index is 12.1. The highest BCUT2D eigenvalue weighted by atomic mass is 35.5. The van der Waals surface area contributed by atoms with Crippen molar-refractivity contribution in [2.45, 2.75) is 12.8 Å². The molecule has 0 radical (unpaired) electrons. The van der Waals surface area contributed by atoms with Crippen molar-refractivity contribution < 1.29 is 9.53 Å². The number of anilines is 1. The first-order valence-electron chi connectivity index (χ1n) is 6.83. The third-order valence-electron chi connectivity index (χ3n) is 4.41. The Bertz CT molecular complexity index is 734. The van der Waals surface area contributed by atoms with E-state index in [4.69, 9.17) is 16.3 Å². The molecule has 1 heterocycles. The van der Waals surface area contributed by atoms with E-state index in [1.165, 1.54) is 0 Å². The van der Waals surface area contributed by atoms with E-state index in [9.17, 15) is 4.79 Å². The van der Waals surface area contributed by atoms with Gasteiger partial charge in [0.05, 0.1) is 18.2 Å². The van der Waals surface area contributed by atoms with Crippen molar-refractivity contribution in [1.82, 2.24) is 10.2 Å². The molecule has 0 bridgehead atoms. The Labute approximate surface area is 126 Å². The molecule has 2 aromatic rings. The molecule has 0 atom stereocenters. The summed E-state index contributed by atoms with van der Waals surface area (Å²) < 4.78 is 5.32. The van der Waals surface area contributed by atoms with Crippen LogP contribution in [0.5, 0.6) is 5.75 Å². The quantitative estimate of drug-likeness (QED) is 0.912. The van der Waals surface area contributed by atoms with Crippen molar-refractivity contribution in [3.63, 3.8) is 0 Å². The second kappa shape index (κ2) is 4.24. The zero-order valence-electron chi connectivity index (χ0n) is 11.4.